The van der Waals surface area contributed by atoms with Crippen LogP contribution in [-0.2, 0) is 23.8 Å². The van der Waals surface area contributed by atoms with E-state index in [4.69, 9.17) is 28.5 Å². The van der Waals surface area contributed by atoms with Crippen LogP contribution in [0, 0.1) is 0 Å². The summed E-state index contributed by atoms with van der Waals surface area (Å²) in [7, 11) is 0. The van der Waals surface area contributed by atoms with E-state index in [1.54, 1.807) is 55.5 Å². The summed E-state index contributed by atoms with van der Waals surface area (Å²) in [4.78, 5) is 42.2. The van der Waals surface area contributed by atoms with Gasteiger partial charge in [-0.1, -0.05) is 6.58 Å². The van der Waals surface area contributed by atoms with E-state index in [1.807, 2.05) is 6.79 Å². The van der Waals surface area contributed by atoms with E-state index >= 15 is 0 Å². The maximum Gasteiger partial charge on any atom is 0.513 e. The number of carbonyl (C=O) groups excluding carboxylic acids is 4. The van der Waals surface area contributed by atoms with Crippen molar-refractivity contribution in [1.82, 2.24) is 0 Å². The Morgan fingerprint density at radius 2 is 1.30 bits per heavy atom. The third-order valence-corrected chi connectivity index (χ3v) is 3.80. The highest BCUT2D eigenvalue weighted by molar-refractivity contribution is 5.89. The first-order chi connectivity index (χ1) is 16.0. The van der Waals surface area contributed by atoms with Gasteiger partial charge in [-0.15, -0.1) is 0 Å². The molecule has 9 nitrogen and oxygen atoms in total. The lowest BCUT2D eigenvalue weighted by Gasteiger charge is -2.09. The molecule has 0 unspecified atom stereocenters. The second-order valence-corrected chi connectivity index (χ2v) is 6.10. The maximum absolute atomic E-state index is 11.7. The zero-order valence-electron chi connectivity index (χ0n) is 18.3. The van der Waals surface area contributed by atoms with Gasteiger partial charge in [0.1, 0.15) is 24.0 Å². The molecule has 0 fully saturated rings. The van der Waals surface area contributed by atoms with Crippen LogP contribution >= 0.6 is 0 Å². The second-order valence-electron chi connectivity index (χ2n) is 6.10. The predicted molar refractivity (Wildman–Crippen MR) is 118 cm³/mol. The SMILES string of the molecule is C=CC(=O)OCCCCOC(=O)Oc1ccc(Oc2ccc(C(=O)OCC)cc2)cc1.C=O. The van der Waals surface area contributed by atoms with E-state index in [0.29, 0.717) is 42.3 Å². The summed E-state index contributed by atoms with van der Waals surface area (Å²) in [6.45, 7) is 7.73. The molecule has 2 rings (SSSR count). The molecule has 0 saturated heterocycles. The minimum atomic E-state index is -0.827. The highest BCUT2D eigenvalue weighted by Crippen LogP contribution is 2.24. The number of esters is 2. The van der Waals surface area contributed by atoms with Crippen LogP contribution < -0.4 is 9.47 Å². The van der Waals surface area contributed by atoms with Gasteiger partial charge >= 0.3 is 18.1 Å². The number of ether oxygens (including phenoxy) is 5. The molecule has 33 heavy (non-hydrogen) atoms. The predicted octanol–water partition coefficient (Wildman–Crippen LogP) is 4.50. The Morgan fingerprint density at radius 3 is 1.85 bits per heavy atom. The van der Waals surface area contributed by atoms with E-state index in [1.165, 1.54) is 0 Å². The van der Waals surface area contributed by atoms with Gasteiger partial charge < -0.3 is 28.5 Å². The van der Waals surface area contributed by atoms with Crippen LogP contribution in [0.4, 0.5) is 4.79 Å². The number of hydrogen-bond donors (Lipinski definition) is 0. The largest absolute Gasteiger partial charge is 0.513 e. The first kappa shape index (κ1) is 26.9. The molecule has 0 heterocycles. The van der Waals surface area contributed by atoms with Crippen LogP contribution in [0.1, 0.15) is 30.1 Å². The number of unbranched alkanes of at least 4 members (excludes halogenated alkanes) is 1. The molecule has 9 heteroatoms. The van der Waals surface area contributed by atoms with Gasteiger partial charge in [0.25, 0.3) is 0 Å². The van der Waals surface area contributed by atoms with Crippen molar-refractivity contribution in [1.29, 1.82) is 0 Å². The summed E-state index contributed by atoms with van der Waals surface area (Å²) >= 11 is 0. The van der Waals surface area contributed by atoms with Crippen molar-refractivity contribution in [3.63, 3.8) is 0 Å². The maximum atomic E-state index is 11.7. The summed E-state index contributed by atoms with van der Waals surface area (Å²) < 4.78 is 25.5. The van der Waals surface area contributed by atoms with Crippen LogP contribution in [0.3, 0.4) is 0 Å². The van der Waals surface area contributed by atoms with Crippen LogP contribution in [-0.4, -0.2) is 44.7 Å². The minimum absolute atomic E-state index is 0.146. The monoisotopic (exact) mass is 458 g/mol. The average molecular weight is 458 g/mol. The molecule has 0 bridgehead atoms. The molecule has 0 aliphatic rings. The van der Waals surface area contributed by atoms with Crippen LogP contribution in [0.15, 0.2) is 61.2 Å². The van der Waals surface area contributed by atoms with Crippen molar-refractivity contribution in [3.8, 4) is 17.2 Å². The fraction of sp³-hybridized carbons (Fsp3) is 0.250. The average Bonchev–Trinajstić information content (AvgIpc) is 2.84. The van der Waals surface area contributed by atoms with Crippen molar-refractivity contribution in [2.75, 3.05) is 19.8 Å². The van der Waals surface area contributed by atoms with Crippen molar-refractivity contribution in [2.24, 2.45) is 0 Å². The first-order valence-electron chi connectivity index (χ1n) is 9.99. The Kier molecular flexibility index (Phi) is 12.7. The van der Waals surface area contributed by atoms with E-state index in [-0.39, 0.29) is 13.2 Å². The van der Waals surface area contributed by atoms with E-state index in [2.05, 4.69) is 6.58 Å². The minimum Gasteiger partial charge on any atom is -0.463 e. The molecule has 0 saturated carbocycles. The van der Waals surface area contributed by atoms with Crippen LogP contribution in [0.5, 0.6) is 17.2 Å². The lowest BCUT2D eigenvalue weighted by Crippen LogP contribution is -2.12. The molecule has 0 amide bonds. The van der Waals surface area contributed by atoms with Crippen LogP contribution in [0.2, 0.25) is 0 Å². The van der Waals surface area contributed by atoms with Gasteiger partial charge in [0.2, 0.25) is 0 Å². The summed E-state index contributed by atoms with van der Waals surface area (Å²) in [6.07, 6.45) is 1.35. The zero-order chi connectivity index (χ0) is 24.5. The quantitative estimate of drug-likeness (QED) is 0.158. The molecule has 0 aliphatic heterocycles. The highest BCUT2D eigenvalue weighted by Gasteiger charge is 2.08. The molecular formula is C24H26O9. The standard InChI is InChI=1S/C23H24O8.CH2O/c1-3-21(24)28-15-5-6-16-29-23(26)31-20-13-11-19(12-14-20)30-18-9-7-17(8-10-18)22(25)27-4-2;1-2/h3,7-14H,1,4-6,15-16H2,2H3;1H2. The smallest absolute Gasteiger partial charge is 0.463 e. The second kappa shape index (κ2) is 15.6. The fourth-order valence-corrected chi connectivity index (χ4v) is 2.30. The third-order valence-electron chi connectivity index (χ3n) is 3.80. The lowest BCUT2D eigenvalue weighted by atomic mass is 10.2. The molecule has 0 aromatic heterocycles. The van der Waals surface area contributed by atoms with Crippen molar-refractivity contribution >= 4 is 24.9 Å². The van der Waals surface area contributed by atoms with E-state index in [0.717, 1.165) is 6.08 Å². The Labute approximate surface area is 191 Å². The number of benzene rings is 2. The Morgan fingerprint density at radius 1 is 0.788 bits per heavy atom. The van der Waals surface area contributed by atoms with Crippen molar-refractivity contribution in [3.05, 3.63) is 66.7 Å². The topological polar surface area (TPSA) is 114 Å². The molecule has 0 N–H and O–H groups in total. The molecule has 0 radical (unpaired) electrons. The van der Waals surface area contributed by atoms with Gasteiger partial charge in [-0.3, -0.25) is 0 Å². The van der Waals surface area contributed by atoms with Gasteiger partial charge in [0.05, 0.1) is 25.4 Å². The Hall–Kier alpha value is -4.14. The van der Waals surface area contributed by atoms with Gasteiger partial charge in [-0.25, -0.2) is 14.4 Å². The van der Waals surface area contributed by atoms with Gasteiger partial charge in [-0.2, -0.15) is 0 Å². The number of carbonyl (C=O) groups is 4. The Bertz CT molecular complexity index is 889. The van der Waals surface area contributed by atoms with Crippen molar-refractivity contribution < 1.29 is 42.9 Å². The normalized spacial score (nSPS) is 9.48. The van der Waals surface area contributed by atoms with Gasteiger partial charge in [-0.05, 0) is 68.3 Å². The summed E-state index contributed by atoms with van der Waals surface area (Å²) in [5.41, 5.74) is 0.439. The summed E-state index contributed by atoms with van der Waals surface area (Å²) in [6, 6.07) is 13.0. The molecule has 2 aromatic rings. The lowest BCUT2D eigenvalue weighted by molar-refractivity contribution is -0.137. The highest BCUT2D eigenvalue weighted by atomic mass is 16.7. The molecule has 0 atom stereocenters. The van der Waals surface area contributed by atoms with E-state index in [9.17, 15) is 14.4 Å². The van der Waals surface area contributed by atoms with Crippen LogP contribution in [0.25, 0.3) is 0 Å². The fourth-order valence-electron chi connectivity index (χ4n) is 2.30. The number of hydrogen-bond acceptors (Lipinski definition) is 9. The van der Waals surface area contributed by atoms with Gasteiger partial charge in [0.15, 0.2) is 0 Å². The zero-order valence-corrected chi connectivity index (χ0v) is 18.3. The molecule has 176 valence electrons. The molecule has 0 spiro atoms. The molecule has 0 aliphatic carbocycles. The molecular weight excluding hydrogens is 432 g/mol. The third kappa shape index (κ3) is 10.6. The Balaban J connectivity index is 0.00000265. The van der Waals surface area contributed by atoms with Gasteiger partial charge in [0, 0.05) is 6.08 Å². The summed E-state index contributed by atoms with van der Waals surface area (Å²) in [5.74, 6) is 0.494. The summed E-state index contributed by atoms with van der Waals surface area (Å²) in [5, 5.41) is 0. The first-order valence-corrected chi connectivity index (χ1v) is 9.99. The molecule has 2 aromatic carbocycles. The number of rotatable bonds is 11. The van der Waals surface area contributed by atoms with Crippen molar-refractivity contribution in [2.45, 2.75) is 19.8 Å². The van der Waals surface area contributed by atoms with E-state index < -0.39 is 18.1 Å².